The summed E-state index contributed by atoms with van der Waals surface area (Å²) in [5.41, 5.74) is 0.983. The number of rotatable bonds is 5. The maximum absolute atomic E-state index is 5.97. The molecular weight excluding hydrogens is 269 g/mol. The molecule has 1 atom stereocenters. The molecule has 1 aromatic heterocycles. The molecule has 4 heteroatoms. The summed E-state index contributed by atoms with van der Waals surface area (Å²) < 4.78 is 5.30. The number of furan rings is 1. The second-order valence-corrected chi connectivity index (χ2v) is 5.11. The maximum atomic E-state index is 5.97. The topological polar surface area (TPSA) is 25.2 Å². The van der Waals surface area contributed by atoms with Gasteiger partial charge in [-0.1, -0.05) is 23.2 Å². The minimum Gasteiger partial charge on any atom is -0.469 e. The van der Waals surface area contributed by atoms with Crippen LogP contribution in [0.1, 0.15) is 19.1 Å². The predicted octanol–water partition coefficient (Wildman–Crippen LogP) is 5.02. The SMILES string of the molecule is CC(CCc1ccco1)Nc1ccc(Cl)c(Cl)c1. The Morgan fingerprint density at radius 1 is 1.22 bits per heavy atom. The van der Waals surface area contributed by atoms with Crippen molar-refractivity contribution >= 4 is 28.9 Å². The van der Waals surface area contributed by atoms with E-state index < -0.39 is 0 Å². The molecule has 0 aliphatic heterocycles. The van der Waals surface area contributed by atoms with Gasteiger partial charge in [0.15, 0.2) is 0 Å². The zero-order valence-corrected chi connectivity index (χ0v) is 11.6. The highest BCUT2D eigenvalue weighted by Crippen LogP contribution is 2.25. The molecule has 2 aromatic rings. The van der Waals surface area contributed by atoms with Crippen LogP contribution in [0.2, 0.25) is 10.0 Å². The van der Waals surface area contributed by atoms with Crippen LogP contribution in [0.4, 0.5) is 5.69 Å². The third-order valence-electron chi connectivity index (χ3n) is 2.74. The highest BCUT2D eigenvalue weighted by Gasteiger charge is 2.05. The van der Waals surface area contributed by atoms with E-state index in [4.69, 9.17) is 27.6 Å². The predicted molar refractivity (Wildman–Crippen MR) is 76.6 cm³/mol. The number of halogens is 2. The molecule has 0 saturated heterocycles. The minimum absolute atomic E-state index is 0.340. The minimum atomic E-state index is 0.340. The van der Waals surface area contributed by atoms with Crippen LogP contribution in [0.25, 0.3) is 0 Å². The van der Waals surface area contributed by atoms with E-state index in [9.17, 15) is 0 Å². The molecule has 2 rings (SSSR count). The first-order valence-electron chi connectivity index (χ1n) is 5.89. The number of anilines is 1. The van der Waals surface area contributed by atoms with Crippen molar-refractivity contribution in [1.82, 2.24) is 0 Å². The van der Waals surface area contributed by atoms with Gasteiger partial charge in [-0.15, -0.1) is 0 Å². The summed E-state index contributed by atoms with van der Waals surface area (Å²) in [4.78, 5) is 0. The van der Waals surface area contributed by atoms with Crippen molar-refractivity contribution in [3.63, 3.8) is 0 Å². The third kappa shape index (κ3) is 3.69. The molecular formula is C14H15Cl2NO. The van der Waals surface area contributed by atoms with E-state index in [0.717, 1.165) is 24.3 Å². The van der Waals surface area contributed by atoms with Crippen LogP contribution in [0.5, 0.6) is 0 Å². The molecule has 1 aromatic carbocycles. The second kappa shape index (κ2) is 6.17. The Morgan fingerprint density at radius 2 is 2.06 bits per heavy atom. The van der Waals surface area contributed by atoms with Crippen LogP contribution in [0.15, 0.2) is 41.0 Å². The molecule has 96 valence electrons. The fourth-order valence-electron chi connectivity index (χ4n) is 1.76. The molecule has 0 bridgehead atoms. The highest BCUT2D eigenvalue weighted by molar-refractivity contribution is 6.42. The average molecular weight is 284 g/mol. The van der Waals surface area contributed by atoms with Crippen LogP contribution in [0, 0.1) is 0 Å². The van der Waals surface area contributed by atoms with Gasteiger partial charge in [0.1, 0.15) is 5.76 Å². The largest absolute Gasteiger partial charge is 0.469 e. The van der Waals surface area contributed by atoms with Crippen LogP contribution in [-0.4, -0.2) is 6.04 Å². The monoisotopic (exact) mass is 283 g/mol. The molecule has 0 aliphatic rings. The number of aryl methyl sites for hydroxylation is 1. The van der Waals surface area contributed by atoms with Crippen LogP contribution >= 0.6 is 23.2 Å². The van der Waals surface area contributed by atoms with Crippen molar-refractivity contribution in [3.8, 4) is 0 Å². The first-order valence-corrected chi connectivity index (χ1v) is 6.64. The molecule has 18 heavy (non-hydrogen) atoms. The van der Waals surface area contributed by atoms with E-state index >= 15 is 0 Å². The van der Waals surface area contributed by atoms with E-state index in [1.54, 1.807) is 12.3 Å². The standard InChI is InChI=1S/C14H15Cl2NO/c1-10(4-6-12-3-2-8-18-12)17-11-5-7-13(15)14(16)9-11/h2-3,5,7-10,17H,4,6H2,1H3. The lowest BCUT2D eigenvalue weighted by molar-refractivity contribution is 0.495. The molecule has 2 nitrogen and oxygen atoms in total. The summed E-state index contributed by atoms with van der Waals surface area (Å²) in [6.07, 6.45) is 3.61. The van der Waals surface area contributed by atoms with Gasteiger partial charge in [0.25, 0.3) is 0 Å². The van der Waals surface area contributed by atoms with Gasteiger partial charge in [0.2, 0.25) is 0 Å². The summed E-state index contributed by atoms with van der Waals surface area (Å²) in [5, 5.41) is 4.53. The Labute approximate surface area is 117 Å². The molecule has 0 aliphatic carbocycles. The van der Waals surface area contributed by atoms with Crippen molar-refractivity contribution in [3.05, 3.63) is 52.4 Å². The lowest BCUT2D eigenvalue weighted by Crippen LogP contribution is -2.15. The maximum Gasteiger partial charge on any atom is 0.103 e. The highest BCUT2D eigenvalue weighted by atomic mass is 35.5. The van der Waals surface area contributed by atoms with Gasteiger partial charge in [-0.25, -0.2) is 0 Å². The van der Waals surface area contributed by atoms with Crippen molar-refractivity contribution < 1.29 is 4.42 Å². The Balaban J connectivity index is 1.86. The molecule has 0 amide bonds. The van der Waals surface area contributed by atoms with Gasteiger partial charge in [0, 0.05) is 18.2 Å². The Morgan fingerprint density at radius 3 is 2.72 bits per heavy atom. The zero-order chi connectivity index (χ0) is 13.0. The first-order chi connectivity index (χ1) is 8.65. The Bertz CT molecular complexity index is 497. The van der Waals surface area contributed by atoms with E-state index in [-0.39, 0.29) is 0 Å². The molecule has 1 unspecified atom stereocenters. The van der Waals surface area contributed by atoms with Gasteiger partial charge in [0.05, 0.1) is 16.3 Å². The van der Waals surface area contributed by atoms with Crippen molar-refractivity contribution in [1.29, 1.82) is 0 Å². The average Bonchev–Trinajstić information content (AvgIpc) is 2.84. The summed E-state index contributed by atoms with van der Waals surface area (Å²) in [5.74, 6) is 1.01. The number of benzene rings is 1. The van der Waals surface area contributed by atoms with Gasteiger partial charge in [-0.05, 0) is 43.7 Å². The summed E-state index contributed by atoms with van der Waals surface area (Å²) >= 11 is 11.8. The summed E-state index contributed by atoms with van der Waals surface area (Å²) in [6, 6.07) is 9.81. The van der Waals surface area contributed by atoms with Gasteiger partial charge >= 0.3 is 0 Å². The lowest BCUT2D eigenvalue weighted by Gasteiger charge is -2.15. The van der Waals surface area contributed by atoms with Crippen LogP contribution < -0.4 is 5.32 Å². The van der Waals surface area contributed by atoms with Crippen molar-refractivity contribution in [2.45, 2.75) is 25.8 Å². The Kier molecular flexibility index (Phi) is 4.56. The first kappa shape index (κ1) is 13.3. The summed E-state index contributed by atoms with van der Waals surface area (Å²) in [6.45, 7) is 2.13. The number of hydrogen-bond acceptors (Lipinski definition) is 2. The van der Waals surface area contributed by atoms with Gasteiger partial charge < -0.3 is 9.73 Å². The fourth-order valence-corrected chi connectivity index (χ4v) is 2.05. The van der Waals surface area contributed by atoms with Crippen molar-refractivity contribution in [2.75, 3.05) is 5.32 Å². The fraction of sp³-hybridized carbons (Fsp3) is 0.286. The van der Waals surface area contributed by atoms with Gasteiger partial charge in [-0.3, -0.25) is 0 Å². The Hall–Kier alpha value is -1.12. The molecule has 0 saturated carbocycles. The van der Waals surface area contributed by atoms with E-state index in [0.29, 0.717) is 16.1 Å². The quantitative estimate of drug-likeness (QED) is 0.834. The normalized spacial score (nSPS) is 12.4. The molecule has 1 heterocycles. The van der Waals surface area contributed by atoms with E-state index in [1.165, 1.54) is 0 Å². The zero-order valence-electron chi connectivity index (χ0n) is 10.1. The molecule has 1 N–H and O–H groups in total. The van der Waals surface area contributed by atoms with Crippen LogP contribution in [-0.2, 0) is 6.42 Å². The van der Waals surface area contributed by atoms with Crippen LogP contribution in [0.3, 0.4) is 0 Å². The van der Waals surface area contributed by atoms with Gasteiger partial charge in [-0.2, -0.15) is 0 Å². The second-order valence-electron chi connectivity index (χ2n) is 4.29. The smallest absolute Gasteiger partial charge is 0.103 e. The molecule has 0 spiro atoms. The third-order valence-corrected chi connectivity index (χ3v) is 3.48. The molecule has 0 fully saturated rings. The lowest BCUT2D eigenvalue weighted by atomic mass is 10.1. The molecule has 0 radical (unpaired) electrons. The van der Waals surface area contributed by atoms with E-state index in [2.05, 4.69) is 12.2 Å². The number of hydrogen-bond donors (Lipinski definition) is 1. The summed E-state index contributed by atoms with van der Waals surface area (Å²) in [7, 11) is 0. The number of nitrogens with one attached hydrogen (secondary N) is 1. The van der Waals surface area contributed by atoms with Crippen molar-refractivity contribution in [2.24, 2.45) is 0 Å². The van der Waals surface area contributed by atoms with E-state index in [1.807, 2.05) is 24.3 Å².